The fraction of sp³-hybridized carbons (Fsp3) is 0.417. The molecule has 3 aromatic rings. The third kappa shape index (κ3) is 3.49. The number of rotatable bonds is 6. The van der Waals surface area contributed by atoms with E-state index in [1.54, 1.807) is 12.3 Å². The molecule has 3 heterocycles. The third-order valence-corrected chi connectivity index (χ3v) is 6.75. The van der Waals surface area contributed by atoms with Gasteiger partial charge < -0.3 is 20.1 Å². The maximum atomic E-state index is 13.2. The number of carbonyl (C=O) groups excluding carboxylic acids is 1. The lowest BCUT2D eigenvalue weighted by Crippen LogP contribution is -2.35. The second-order valence-corrected chi connectivity index (χ2v) is 8.93. The van der Waals surface area contributed by atoms with Crippen LogP contribution in [0.15, 0.2) is 24.4 Å². The number of carbonyl (C=O) groups is 1. The van der Waals surface area contributed by atoms with Crippen molar-refractivity contribution >= 4 is 5.91 Å². The highest BCUT2D eigenvalue weighted by Crippen LogP contribution is 2.41. The van der Waals surface area contributed by atoms with Crippen molar-refractivity contribution in [2.75, 3.05) is 6.61 Å². The van der Waals surface area contributed by atoms with Crippen molar-refractivity contribution in [3.05, 3.63) is 52.5 Å². The Morgan fingerprint density at radius 3 is 2.66 bits per heavy atom. The van der Waals surface area contributed by atoms with Gasteiger partial charge in [0.15, 0.2) is 5.82 Å². The molecule has 32 heavy (non-hydrogen) atoms. The molecular formula is C24H27N5O3. The van der Waals surface area contributed by atoms with Crippen LogP contribution in [0.5, 0.6) is 0 Å². The van der Waals surface area contributed by atoms with Crippen LogP contribution < -0.4 is 0 Å². The zero-order valence-electron chi connectivity index (χ0n) is 18.5. The first-order chi connectivity index (χ1) is 15.4. The predicted octanol–water partition coefficient (Wildman–Crippen LogP) is 2.93. The molecule has 0 radical (unpaired) electrons. The summed E-state index contributed by atoms with van der Waals surface area (Å²) >= 11 is 0. The van der Waals surface area contributed by atoms with E-state index in [2.05, 4.69) is 27.1 Å². The summed E-state index contributed by atoms with van der Waals surface area (Å²) in [6, 6.07) is 5.82. The minimum atomic E-state index is -1.13. The highest BCUT2D eigenvalue weighted by molar-refractivity contribution is 6.01. The quantitative estimate of drug-likeness (QED) is 0.551. The number of imidazole rings is 1. The van der Waals surface area contributed by atoms with Crippen molar-refractivity contribution in [2.24, 2.45) is 5.92 Å². The highest BCUT2D eigenvalue weighted by Gasteiger charge is 2.40. The number of aromatic amines is 1. The van der Waals surface area contributed by atoms with Gasteiger partial charge in [0.05, 0.1) is 24.1 Å². The van der Waals surface area contributed by atoms with E-state index in [1.807, 2.05) is 30.9 Å². The minimum absolute atomic E-state index is 0.0662. The molecule has 2 unspecified atom stereocenters. The normalized spacial score (nSPS) is 17.5. The van der Waals surface area contributed by atoms with Crippen LogP contribution in [0.2, 0.25) is 0 Å². The Balaban J connectivity index is 1.57. The van der Waals surface area contributed by atoms with Crippen LogP contribution in [-0.2, 0) is 6.54 Å². The standard InChI is InChI=1S/C24H27N5O3/c1-12-13(2)27-23(26-12)20-8-17(9-25-28-20)16-6-18-10-29(14(3)15-4-5-15)24(32)22(18)19(7-16)21(31)11-30/h6-9,14-15,21,30-31H,4-5,10-11H2,1-3H3,(H,26,27). The van der Waals surface area contributed by atoms with E-state index in [9.17, 15) is 15.0 Å². The van der Waals surface area contributed by atoms with Gasteiger partial charge in [0.1, 0.15) is 11.8 Å². The summed E-state index contributed by atoms with van der Waals surface area (Å²) in [5, 5.41) is 28.6. The minimum Gasteiger partial charge on any atom is -0.393 e. The van der Waals surface area contributed by atoms with E-state index in [4.69, 9.17) is 0 Å². The second kappa shape index (κ2) is 7.79. The molecule has 1 aliphatic carbocycles. The molecule has 1 saturated carbocycles. The van der Waals surface area contributed by atoms with Gasteiger partial charge in [-0.2, -0.15) is 5.10 Å². The van der Waals surface area contributed by atoms with Crippen LogP contribution >= 0.6 is 0 Å². The Morgan fingerprint density at radius 1 is 1.22 bits per heavy atom. The number of hydrogen-bond acceptors (Lipinski definition) is 6. The molecule has 0 bridgehead atoms. The molecule has 8 heteroatoms. The van der Waals surface area contributed by atoms with Gasteiger partial charge in [0, 0.05) is 23.8 Å². The number of aryl methyl sites for hydroxylation is 2. The van der Waals surface area contributed by atoms with Gasteiger partial charge in [0.2, 0.25) is 0 Å². The lowest BCUT2D eigenvalue weighted by Gasteiger charge is -2.24. The van der Waals surface area contributed by atoms with Gasteiger partial charge in [0.25, 0.3) is 5.91 Å². The van der Waals surface area contributed by atoms with Crippen molar-refractivity contribution < 1.29 is 15.0 Å². The first-order valence-electron chi connectivity index (χ1n) is 11.0. The molecule has 1 aromatic carbocycles. The summed E-state index contributed by atoms with van der Waals surface area (Å²) in [5.41, 5.74) is 5.95. The Labute approximate surface area is 186 Å². The summed E-state index contributed by atoms with van der Waals surface area (Å²) < 4.78 is 0. The molecule has 1 aliphatic heterocycles. The Morgan fingerprint density at radius 2 is 2.00 bits per heavy atom. The number of H-pyrrole nitrogens is 1. The molecular weight excluding hydrogens is 406 g/mol. The molecule has 1 fully saturated rings. The molecule has 2 aromatic heterocycles. The van der Waals surface area contributed by atoms with Crippen molar-refractivity contribution in [1.82, 2.24) is 25.1 Å². The molecule has 8 nitrogen and oxygen atoms in total. The van der Waals surface area contributed by atoms with Gasteiger partial charge in [-0.3, -0.25) is 4.79 Å². The summed E-state index contributed by atoms with van der Waals surface area (Å²) in [6.45, 7) is 6.04. The van der Waals surface area contributed by atoms with Gasteiger partial charge in [-0.15, -0.1) is 5.10 Å². The molecule has 0 saturated heterocycles. The van der Waals surface area contributed by atoms with E-state index < -0.39 is 12.7 Å². The highest BCUT2D eigenvalue weighted by atomic mass is 16.3. The van der Waals surface area contributed by atoms with Crippen LogP contribution in [0, 0.1) is 19.8 Å². The van der Waals surface area contributed by atoms with Crippen molar-refractivity contribution in [2.45, 2.75) is 52.3 Å². The fourth-order valence-corrected chi connectivity index (χ4v) is 4.51. The van der Waals surface area contributed by atoms with E-state index in [0.29, 0.717) is 35.1 Å². The van der Waals surface area contributed by atoms with Crippen LogP contribution in [0.4, 0.5) is 0 Å². The van der Waals surface area contributed by atoms with E-state index in [-0.39, 0.29) is 11.9 Å². The van der Waals surface area contributed by atoms with Gasteiger partial charge in [-0.05, 0) is 74.4 Å². The number of fused-ring (bicyclic) bond motifs is 1. The second-order valence-electron chi connectivity index (χ2n) is 8.93. The number of benzene rings is 1. The third-order valence-electron chi connectivity index (χ3n) is 6.75. The Bertz CT molecular complexity index is 1180. The zero-order chi connectivity index (χ0) is 22.6. The number of aromatic nitrogens is 4. The van der Waals surface area contributed by atoms with Crippen molar-refractivity contribution in [3.8, 4) is 22.6 Å². The summed E-state index contributed by atoms with van der Waals surface area (Å²) in [5.74, 6) is 1.13. The number of aliphatic hydroxyl groups is 2. The van der Waals surface area contributed by atoms with Crippen LogP contribution in [-0.4, -0.2) is 53.8 Å². The van der Waals surface area contributed by atoms with E-state index in [0.717, 1.165) is 40.9 Å². The fourth-order valence-electron chi connectivity index (χ4n) is 4.51. The van der Waals surface area contributed by atoms with Gasteiger partial charge >= 0.3 is 0 Å². The predicted molar refractivity (Wildman–Crippen MR) is 119 cm³/mol. The molecule has 2 atom stereocenters. The average molecular weight is 434 g/mol. The monoisotopic (exact) mass is 433 g/mol. The van der Waals surface area contributed by atoms with Crippen molar-refractivity contribution in [3.63, 3.8) is 0 Å². The number of nitrogens with zero attached hydrogens (tertiary/aromatic N) is 4. The summed E-state index contributed by atoms with van der Waals surface area (Å²) in [4.78, 5) is 22.9. The van der Waals surface area contributed by atoms with E-state index in [1.165, 1.54) is 0 Å². The topological polar surface area (TPSA) is 115 Å². The first kappa shape index (κ1) is 20.8. The Hall–Kier alpha value is -3.10. The number of aliphatic hydroxyl groups excluding tert-OH is 2. The SMILES string of the molecule is Cc1nc(-c2cc(-c3cc4c(c(C(O)CO)c3)C(=O)N(C(C)C3CC3)C4)cnn2)[nH]c1C. The maximum Gasteiger partial charge on any atom is 0.255 e. The largest absolute Gasteiger partial charge is 0.393 e. The molecule has 0 spiro atoms. The Kier molecular flexibility index (Phi) is 5.06. The van der Waals surface area contributed by atoms with Crippen LogP contribution in [0.25, 0.3) is 22.6 Å². The summed E-state index contributed by atoms with van der Waals surface area (Å²) in [6.07, 6.45) is 2.82. The number of hydrogen-bond donors (Lipinski definition) is 3. The maximum absolute atomic E-state index is 13.2. The molecule has 166 valence electrons. The lowest BCUT2D eigenvalue weighted by atomic mass is 9.93. The average Bonchev–Trinajstić information content (AvgIpc) is 3.53. The molecule has 2 aliphatic rings. The summed E-state index contributed by atoms with van der Waals surface area (Å²) in [7, 11) is 0. The number of amides is 1. The molecule has 3 N–H and O–H groups in total. The van der Waals surface area contributed by atoms with Crippen LogP contribution in [0.3, 0.4) is 0 Å². The van der Waals surface area contributed by atoms with Crippen molar-refractivity contribution in [1.29, 1.82) is 0 Å². The zero-order valence-corrected chi connectivity index (χ0v) is 18.5. The van der Waals surface area contributed by atoms with Gasteiger partial charge in [-0.25, -0.2) is 4.98 Å². The number of nitrogens with one attached hydrogen (secondary N) is 1. The first-order valence-corrected chi connectivity index (χ1v) is 11.0. The lowest BCUT2D eigenvalue weighted by molar-refractivity contribution is 0.0682. The molecule has 5 rings (SSSR count). The van der Waals surface area contributed by atoms with Crippen LogP contribution in [0.1, 0.15) is 58.7 Å². The molecule has 1 amide bonds. The smallest absolute Gasteiger partial charge is 0.255 e. The van der Waals surface area contributed by atoms with Gasteiger partial charge in [-0.1, -0.05) is 0 Å². The van der Waals surface area contributed by atoms with E-state index >= 15 is 0 Å².